The van der Waals surface area contributed by atoms with E-state index in [-0.39, 0.29) is 24.0 Å². The Bertz CT molecular complexity index is 719. The van der Waals surface area contributed by atoms with Crippen molar-refractivity contribution in [2.24, 2.45) is 16.3 Å². The van der Waals surface area contributed by atoms with Gasteiger partial charge in [-0.05, 0) is 43.4 Å². The van der Waals surface area contributed by atoms with Crippen molar-refractivity contribution in [3.8, 4) is 5.75 Å². The van der Waals surface area contributed by atoms with Crippen molar-refractivity contribution in [1.82, 2.24) is 10.2 Å². The van der Waals surface area contributed by atoms with Gasteiger partial charge in [-0.3, -0.25) is 4.99 Å². The Morgan fingerprint density at radius 1 is 1.25 bits per heavy atom. The van der Waals surface area contributed by atoms with Gasteiger partial charge in [0.25, 0.3) is 0 Å². The molecule has 4 aliphatic rings. The molecule has 2 aliphatic heterocycles. The lowest BCUT2D eigenvalue weighted by molar-refractivity contribution is -0.171. The zero-order chi connectivity index (χ0) is 18.4. The lowest BCUT2D eigenvalue weighted by Crippen LogP contribution is -2.72. The van der Waals surface area contributed by atoms with Crippen LogP contribution in [0.2, 0.25) is 0 Å². The van der Waals surface area contributed by atoms with E-state index >= 15 is 0 Å². The third-order valence-electron chi connectivity index (χ3n) is 7.61. The first-order valence-electron chi connectivity index (χ1n) is 10.5. The lowest BCUT2D eigenvalue weighted by Gasteiger charge is -2.63. The van der Waals surface area contributed by atoms with E-state index in [9.17, 15) is 0 Å². The number of ether oxygens (including phenoxy) is 2. The molecule has 2 saturated carbocycles. The molecule has 28 heavy (non-hydrogen) atoms. The molecule has 2 heterocycles. The summed E-state index contributed by atoms with van der Waals surface area (Å²) in [7, 11) is 3.65. The van der Waals surface area contributed by atoms with Gasteiger partial charge in [0.1, 0.15) is 5.75 Å². The summed E-state index contributed by atoms with van der Waals surface area (Å²) in [6.07, 6.45) is 6.88. The third-order valence-corrected chi connectivity index (χ3v) is 7.61. The van der Waals surface area contributed by atoms with Crippen LogP contribution in [0.1, 0.15) is 43.6 Å². The Balaban J connectivity index is 0.00000192. The standard InChI is InChI=1S/C22H31N3O2.HI/c1-23-21(24-19-18-9-13-27-20(18)22(19)10-3-11-22)25-12-8-16(14-25)15-4-6-17(26-2)7-5-15;/h4-7,16,18-20H,3,8-14H2,1-2H3,(H,23,24);1H. The molecule has 1 spiro atoms. The third kappa shape index (κ3) is 3.11. The molecule has 0 bridgehead atoms. The molecule has 0 aromatic heterocycles. The van der Waals surface area contributed by atoms with E-state index < -0.39 is 0 Å². The van der Waals surface area contributed by atoms with Gasteiger partial charge in [0.15, 0.2) is 5.96 Å². The second-order valence-electron chi connectivity index (χ2n) is 8.70. The van der Waals surface area contributed by atoms with Crippen LogP contribution in [-0.2, 0) is 4.74 Å². The van der Waals surface area contributed by atoms with Gasteiger partial charge < -0.3 is 19.7 Å². The zero-order valence-electron chi connectivity index (χ0n) is 16.9. The number of likely N-dealkylation sites (tertiary alicyclic amines) is 1. The number of hydrogen-bond acceptors (Lipinski definition) is 3. The van der Waals surface area contributed by atoms with Crippen molar-refractivity contribution in [1.29, 1.82) is 0 Å². The Morgan fingerprint density at radius 2 is 2.04 bits per heavy atom. The Hall–Kier alpha value is -1.02. The van der Waals surface area contributed by atoms with Gasteiger partial charge in [-0.1, -0.05) is 18.6 Å². The van der Waals surface area contributed by atoms with Crippen LogP contribution < -0.4 is 10.1 Å². The minimum Gasteiger partial charge on any atom is -0.497 e. The fraction of sp³-hybridized carbons (Fsp3) is 0.682. The summed E-state index contributed by atoms with van der Waals surface area (Å²) in [5, 5.41) is 3.88. The molecule has 1 N–H and O–H groups in total. The summed E-state index contributed by atoms with van der Waals surface area (Å²) < 4.78 is 11.4. The highest BCUT2D eigenvalue weighted by molar-refractivity contribution is 14.0. The van der Waals surface area contributed by atoms with Crippen molar-refractivity contribution in [2.75, 3.05) is 33.9 Å². The molecule has 0 amide bonds. The number of fused-ring (bicyclic) bond motifs is 2. The van der Waals surface area contributed by atoms with Crippen molar-refractivity contribution in [3.05, 3.63) is 29.8 Å². The van der Waals surface area contributed by atoms with Crippen LogP contribution in [-0.4, -0.2) is 56.9 Å². The predicted molar refractivity (Wildman–Crippen MR) is 122 cm³/mol. The second kappa shape index (κ2) is 8.01. The quantitative estimate of drug-likeness (QED) is 0.394. The number of nitrogens with one attached hydrogen (secondary N) is 1. The topological polar surface area (TPSA) is 46.1 Å². The lowest BCUT2D eigenvalue weighted by atomic mass is 9.46. The van der Waals surface area contributed by atoms with Crippen LogP contribution in [0.5, 0.6) is 5.75 Å². The monoisotopic (exact) mass is 497 g/mol. The van der Waals surface area contributed by atoms with Crippen LogP contribution in [0.15, 0.2) is 29.3 Å². The molecule has 154 valence electrons. The fourth-order valence-corrected chi connectivity index (χ4v) is 5.99. The molecule has 1 aromatic rings. The molecule has 6 heteroatoms. The van der Waals surface area contributed by atoms with Gasteiger partial charge in [-0.25, -0.2) is 0 Å². The van der Waals surface area contributed by atoms with Gasteiger partial charge in [-0.2, -0.15) is 0 Å². The normalized spacial score (nSPS) is 32.9. The van der Waals surface area contributed by atoms with Crippen LogP contribution in [0.3, 0.4) is 0 Å². The van der Waals surface area contributed by atoms with Crippen molar-refractivity contribution in [2.45, 2.75) is 50.2 Å². The maximum absolute atomic E-state index is 6.07. The summed E-state index contributed by atoms with van der Waals surface area (Å²) in [6.45, 7) is 3.05. The first-order valence-corrected chi connectivity index (χ1v) is 10.5. The first kappa shape index (κ1) is 20.3. The fourth-order valence-electron chi connectivity index (χ4n) is 5.99. The van der Waals surface area contributed by atoms with Crippen molar-refractivity contribution >= 4 is 29.9 Å². The smallest absolute Gasteiger partial charge is 0.193 e. The van der Waals surface area contributed by atoms with E-state index in [0.717, 1.165) is 31.4 Å². The number of nitrogens with zero attached hydrogens (tertiary/aromatic N) is 2. The molecule has 0 radical (unpaired) electrons. The molecule has 2 aliphatic carbocycles. The van der Waals surface area contributed by atoms with E-state index in [2.05, 4.69) is 39.5 Å². The summed E-state index contributed by atoms with van der Waals surface area (Å²) in [4.78, 5) is 7.10. The van der Waals surface area contributed by atoms with Gasteiger partial charge in [0, 0.05) is 50.0 Å². The Labute approximate surface area is 185 Å². The predicted octanol–water partition coefficient (Wildman–Crippen LogP) is 3.64. The van der Waals surface area contributed by atoms with Crippen LogP contribution in [0.4, 0.5) is 0 Å². The molecule has 1 aromatic carbocycles. The van der Waals surface area contributed by atoms with E-state index in [1.54, 1.807) is 7.11 Å². The van der Waals surface area contributed by atoms with Crippen molar-refractivity contribution in [3.63, 3.8) is 0 Å². The Kier molecular flexibility index (Phi) is 5.80. The molecular weight excluding hydrogens is 465 g/mol. The average molecular weight is 497 g/mol. The van der Waals surface area contributed by atoms with E-state index in [1.807, 2.05) is 7.05 Å². The molecule has 2 saturated heterocycles. The van der Waals surface area contributed by atoms with Crippen LogP contribution in [0, 0.1) is 11.3 Å². The average Bonchev–Trinajstić information content (AvgIpc) is 3.30. The number of hydrogen-bond donors (Lipinski definition) is 1. The summed E-state index contributed by atoms with van der Waals surface area (Å²) >= 11 is 0. The largest absolute Gasteiger partial charge is 0.497 e. The van der Waals surface area contributed by atoms with Gasteiger partial charge >= 0.3 is 0 Å². The van der Waals surface area contributed by atoms with Gasteiger partial charge in [0.05, 0.1) is 13.2 Å². The van der Waals surface area contributed by atoms with E-state index in [0.29, 0.717) is 29.4 Å². The minimum atomic E-state index is 0. The van der Waals surface area contributed by atoms with Gasteiger partial charge in [0.2, 0.25) is 0 Å². The molecule has 4 atom stereocenters. The number of benzene rings is 1. The summed E-state index contributed by atoms with van der Waals surface area (Å²) in [5.41, 5.74) is 1.80. The number of guanidine groups is 1. The SMILES string of the molecule is CN=C(NC1C2CCOC2C12CCC2)N1CCC(c2ccc(OC)cc2)C1.I. The van der Waals surface area contributed by atoms with E-state index in [1.165, 1.54) is 37.7 Å². The molecule has 5 nitrogen and oxygen atoms in total. The number of rotatable bonds is 3. The number of methoxy groups -OCH3 is 1. The second-order valence-corrected chi connectivity index (χ2v) is 8.70. The van der Waals surface area contributed by atoms with E-state index in [4.69, 9.17) is 9.47 Å². The summed E-state index contributed by atoms with van der Waals surface area (Å²) in [5.74, 6) is 3.26. The Morgan fingerprint density at radius 3 is 2.68 bits per heavy atom. The highest BCUT2D eigenvalue weighted by Gasteiger charge is 2.66. The summed E-state index contributed by atoms with van der Waals surface area (Å²) in [6, 6.07) is 9.11. The first-order chi connectivity index (χ1) is 13.2. The van der Waals surface area contributed by atoms with Gasteiger partial charge in [-0.15, -0.1) is 24.0 Å². The van der Waals surface area contributed by atoms with Crippen LogP contribution in [0.25, 0.3) is 0 Å². The number of aliphatic imine (C=N–C) groups is 1. The number of halogens is 1. The molecular formula is C22H32IN3O2. The maximum atomic E-state index is 6.07. The molecule has 4 unspecified atom stereocenters. The van der Waals surface area contributed by atoms with Crippen LogP contribution >= 0.6 is 24.0 Å². The molecule has 5 rings (SSSR count). The van der Waals surface area contributed by atoms with Crippen molar-refractivity contribution < 1.29 is 9.47 Å². The zero-order valence-corrected chi connectivity index (χ0v) is 19.2. The molecule has 4 fully saturated rings. The maximum Gasteiger partial charge on any atom is 0.193 e. The minimum absolute atomic E-state index is 0. The highest BCUT2D eigenvalue weighted by atomic mass is 127. The highest BCUT2D eigenvalue weighted by Crippen LogP contribution is 2.62.